The van der Waals surface area contributed by atoms with Crippen LogP contribution in [-0.2, 0) is 14.8 Å². The van der Waals surface area contributed by atoms with Gasteiger partial charge in [0.2, 0.25) is 21.6 Å². The van der Waals surface area contributed by atoms with Crippen LogP contribution in [0.25, 0.3) is 22.4 Å². The SMILES string of the molecule is CNC(=O)c1c(-c2ccc(C)cc2)oc2nc(N(CCCN3CCCC3=O)S(C)(=O)=O)c(C3CC3)cc12. The van der Waals surface area contributed by atoms with E-state index in [1.165, 1.54) is 10.6 Å². The van der Waals surface area contributed by atoms with Crippen molar-refractivity contribution < 1.29 is 22.4 Å². The average molecular weight is 525 g/mol. The number of hydrogen-bond acceptors (Lipinski definition) is 6. The van der Waals surface area contributed by atoms with Crippen molar-refractivity contribution in [2.75, 3.05) is 37.2 Å². The molecule has 1 aromatic carbocycles. The van der Waals surface area contributed by atoms with Crippen molar-refractivity contribution in [3.8, 4) is 11.3 Å². The Morgan fingerprint density at radius 3 is 2.57 bits per heavy atom. The van der Waals surface area contributed by atoms with E-state index in [0.717, 1.165) is 36.0 Å². The number of carbonyl (C=O) groups is 2. The molecule has 2 aromatic heterocycles. The molecule has 2 amide bonds. The molecule has 0 spiro atoms. The first-order chi connectivity index (χ1) is 17.7. The molecule has 2 fully saturated rings. The monoisotopic (exact) mass is 524 g/mol. The Kier molecular flexibility index (Phi) is 6.70. The molecule has 3 heterocycles. The van der Waals surface area contributed by atoms with Crippen LogP contribution in [0, 0.1) is 6.92 Å². The van der Waals surface area contributed by atoms with Crippen LogP contribution < -0.4 is 9.62 Å². The summed E-state index contributed by atoms with van der Waals surface area (Å²) in [6.45, 7) is 3.41. The summed E-state index contributed by atoms with van der Waals surface area (Å²) in [4.78, 5) is 31.5. The molecule has 2 aliphatic rings. The van der Waals surface area contributed by atoms with Crippen LogP contribution in [0.5, 0.6) is 0 Å². The Labute approximate surface area is 216 Å². The van der Waals surface area contributed by atoms with Gasteiger partial charge < -0.3 is 14.6 Å². The summed E-state index contributed by atoms with van der Waals surface area (Å²) in [6.07, 6.45) is 4.92. The highest BCUT2D eigenvalue weighted by atomic mass is 32.2. The maximum Gasteiger partial charge on any atom is 0.255 e. The van der Waals surface area contributed by atoms with Gasteiger partial charge in [0.15, 0.2) is 0 Å². The van der Waals surface area contributed by atoms with Crippen LogP contribution in [0.4, 0.5) is 5.82 Å². The number of anilines is 1. The average Bonchev–Trinajstić information content (AvgIpc) is 3.52. The van der Waals surface area contributed by atoms with Gasteiger partial charge in [0.05, 0.1) is 17.2 Å². The summed E-state index contributed by atoms with van der Waals surface area (Å²) in [5.74, 6) is 0.745. The molecule has 1 aliphatic carbocycles. The van der Waals surface area contributed by atoms with Gasteiger partial charge in [-0.1, -0.05) is 29.8 Å². The van der Waals surface area contributed by atoms with Crippen LogP contribution in [0.1, 0.15) is 59.5 Å². The molecule has 1 saturated heterocycles. The topological polar surface area (TPSA) is 113 Å². The molecule has 0 unspecified atom stereocenters. The molecule has 5 rings (SSSR count). The molecule has 1 saturated carbocycles. The molecule has 9 nitrogen and oxygen atoms in total. The number of carbonyl (C=O) groups excluding carboxylic acids is 2. The fourth-order valence-corrected chi connectivity index (χ4v) is 5.88. The minimum atomic E-state index is -3.66. The van der Waals surface area contributed by atoms with Crippen molar-refractivity contribution in [2.45, 2.75) is 44.9 Å². The van der Waals surface area contributed by atoms with E-state index in [-0.39, 0.29) is 30.0 Å². The zero-order valence-corrected chi connectivity index (χ0v) is 22.2. The summed E-state index contributed by atoms with van der Waals surface area (Å²) in [6, 6.07) is 9.56. The summed E-state index contributed by atoms with van der Waals surface area (Å²) in [7, 11) is -2.09. The standard InChI is InChI=1S/C27H32N4O5S/c1-17-7-9-19(10-8-17)24-23(26(33)28-2)21-16-20(18-11-12-18)25(29-27(21)36-24)31(37(3,34)35)15-5-14-30-13-4-6-22(30)32/h7-10,16,18H,4-6,11-15H2,1-3H3,(H,28,33). The van der Waals surface area contributed by atoms with Gasteiger partial charge in [0.25, 0.3) is 5.91 Å². The summed E-state index contributed by atoms with van der Waals surface area (Å²) >= 11 is 0. The third-order valence-corrected chi connectivity index (χ3v) is 8.23. The van der Waals surface area contributed by atoms with Gasteiger partial charge in [-0.05, 0) is 50.2 Å². The van der Waals surface area contributed by atoms with Crippen molar-refractivity contribution in [3.63, 3.8) is 0 Å². The highest BCUT2D eigenvalue weighted by Gasteiger charge is 2.34. The zero-order chi connectivity index (χ0) is 26.3. The predicted molar refractivity (Wildman–Crippen MR) is 142 cm³/mol. The minimum Gasteiger partial charge on any atom is -0.437 e. The van der Waals surface area contributed by atoms with E-state index in [4.69, 9.17) is 9.40 Å². The van der Waals surface area contributed by atoms with E-state index in [0.29, 0.717) is 48.5 Å². The van der Waals surface area contributed by atoms with E-state index in [2.05, 4.69) is 5.32 Å². The fourth-order valence-electron chi connectivity index (χ4n) is 4.96. The smallest absolute Gasteiger partial charge is 0.255 e. The lowest BCUT2D eigenvalue weighted by Crippen LogP contribution is -2.35. The molecule has 196 valence electrons. The lowest BCUT2D eigenvalue weighted by atomic mass is 10.0. The summed E-state index contributed by atoms with van der Waals surface area (Å²) in [5.41, 5.74) is 3.23. The molecular weight excluding hydrogens is 492 g/mol. The number of nitrogens with zero attached hydrogens (tertiary/aromatic N) is 3. The van der Waals surface area contributed by atoms with Crippen molar-refractivity contribution in [1.29, 1.82) is 0 Å². The Balaban J connectivity index is 1.59. The van der Waals surface area contributed by atoms with Gasteiger partial charge in [0, 0.05) is 38.7 Å². The van der Waals surface area contributed by atoms with E-state index in [1.54, 1.807) is 11.9 Å². The van der Waals surface area contributed by atoms with Gasteiger partial charge >= 0.3 is 0 Å². The van der Waals surface area contributed by atoms with Crippen LogP contribution >= 0.6 is 0 Å². The number of hydrogen-bond donors (Lipinski definition) is 1. The van der Waals surface area contributed by atoms with Gasteiger partial charge in [-0.2, -0.15) is 4.98 Å². The quantitative estimate of drug-likeness (QED) is 0.455. The Morgan fingerprint density at radius 2 is 1.97 bits per heavy atom. The minimum absolute atomic E-state index is 0.116. The maximum atomic E-state index is 13.0. The summed E-state index contributed by atoms with van der Waals surface area (Å²) < 4.78 is 33.4. The molecule has 10 heteroatoms. The predicted octanol–water partition coefficient (Wildman–Crippen LogP) is 3.82. The Hall–Kier alpha value is -3.40. The van der Waals surface area contributed by atoms with Crippen molar-refractivity contribution in [2.24, 2.45) is 0 Å². The highest BCUT2D eigenvalue weighted by molar-refractivity contribution is 7.92. The van der Waals surface area contributed by atoms with Crippen molar-refractivity contribution >= 4 is 38.8 Å². The van der Waals surface area contributed by atoms with E-state index in [9.17, 15) is 18.0 Å². The largest absolute Gasteiger partial charge is 0.437 e. The Bertz CT molecular complexity index is 1460. The summed E-state index contributed by atoms with van der Waals surface area (Å²) in [5, 5.41) is 3.27. The molecule has 0 bridgehead atoms. The van der Waals surface area contributed by atoms with Gasteiger partial charge in [0.1, 0.15) is 11.6 Å². The highest BCUT2D eigenvalue weighted by Crippen LogP contribution is 2.46. The number of pyridine rings is 1. The van der Waals surface area contributed by atoms with Crippen molar-refractivity contribution in [1.82, 2.24) is 15.2 Å². The number of rotatable bonds is 9. The lowest BCUT2D eigenvalue weighted by molar-refractivity contribution is -0.127. The second-order valence-electron chi connectivity index (χ2n) is 9.95. The van der Waals surface area contributed by atoms with E-state index in [1.807, 2.05) is 37.3 Å². The molecule has 3 aromatic rings. The van der Waals surface area contributed by atoms with Crippen LogP contribution in [0.3, 0.4) is 0 Å². The van der Waals surface area contributed by atoms with Gasteiger partial charge in [-0.3, -0.25) is 13.9 Å². The van der Waals surface area contributed by atoms with Gasteiger partial charge in [-0.25, -0.2) is 8.42 Å². The number of nitrogens with one attached hydrogen (secondary N) is 1. The van der Waals surface area contributed by atoms with Crippen LogP contribution in [0.2, 0.25) is 0 Å². The third-order valence-electron chi connectivity index (χ3n) is 7.07. The second-order valence-corrected chi connectivity index (χ2v) is 11.9. The fraction of sp³-hybridized carbons (Fsp3) is 0.444. The van der Waals surface area contributed by atoms with E-state index >= 15 is 0 Å². The number of fused-ring (bicyclic) bond motifs is 1. The first-order valence-corrected chi connectivity index (χ1v) is 14.5. The second kappa shape index (κ2) is 9.81. The van der Waals surface area contributed by atoms with Crippen LogP contribution in [-0.4, -0.2) is 63.1 Å². The van der Waals surface area contributed by atoms with E-state index < -0.39 is 10.0 Å². The number of sulfonamides is 1. The Morgan fingerprint density at radius 1 is 1.24 bits per heavy atom. The number of amides is 2. The third kappa shape index (κ3) is 5.07. The molecule has 0 radical (unpaired) electrons. The number of aromatic nitrogens is 1. The maximum absolute atomic E-state index is 13.0. The first-order valence-electron chi connectivity index (χ1n) is 12.7. The number of benzene rings is 1. The van der Waals surface area contributed by atoms with Crippen molar-refractivity contribution in [3.05, 3.63) is 47.0 Å². The molecular formula is C27H32N4O5S. The number of aryl methyl sites for hydroxylation is 1. The normalized spacial score (nSPS) is 16.0. The molecule has 1 N–H and O–H groups in total. The lowest BCUT2D eigenvalue weighted by Gasteiger charge is -2.25. The number of furan rings is 1. The zero-order valence-electron chi connectivity index (χ0n) is 21.4. The molecule has 37 heavy (non-hydrogen) atoms. The van der Waals surface area contributed by atoms with Gasteiger partial charge in [-0.15, -0.1) is 0 Å². The number of likely N-dealkylation sites (tertiary alicyclic amines) is 1. The van der Waals surface area contributed by atoms with Crippen LogP contribution in [0.15, 0.2) is 34.7 Å². The molecule has 0 atom stereocenters. The molecule has 1 aliphatic heterocycles. The first kappa shape index (κ1) is 25.3.